The van der Waals surface area contributed by atoms with Crippen LogP contribution in [-0.2, 0) is 10.3 Å². The minimum atomic E-state index is -4.82. The number of nitriles is 1. The molecule has 1 unspecified atom stereocenters. The Labute approximate surface area is 218 Å². The Bertz CT molecular complexity index is 1420. The molecule has 0 spiro atoms. The molecule has 1 saturated heterocycles. The van der Waals surface area contributed by atoms with E-state index in [1.165, 1.54) is 29.2 Å². The highest BCUT2D eigenvalue weighted by atomic mass is 19.4. The summed E-state index contributed by atoms with van der Waals surface area (Å²) in [4.78, 5) is 24.7. The van der Waals surface area contributed by atoms with Gasteiger partial charge in [0, 0.05) is 29.9 Å². The maximum atomic E-state index is 13.7. The number of pyridine rings is 1. The molecule has 2 aromatic carbocycles. The van der Waals surface area contributed by atoms with Crippen LogP contribution in [0.1, 0.15) is 67.5 Å². The second kappa shape index (κ2) is 9.60. The van der Waals surface area contributed by atoms with Crippen LogP contribution in [0.5, 0.6) is 5.75 Å². The summed E-state index contributed by atoms with van der Waals surface area (Å²) in [6, 6.07) is 17.7. The van der Waals surface area contributed by atoms with Crippen LogP contribution in [0.2, 0.25) is 0 Å². The van der Waals surface area contributed by atoms with Gasteiger partial charge in [-0.15, -0.1) is 13.2 Å². The number of alkyl halides is 3. The van der Waals surface area contributed by atoms with Crippen molar-refractivity contribution in [2.24, 2.45) is 4.99 Å². The fourth-order valence-corrected chi connectivity index (χ4v) is 4.71. The largest absolute Gasteiger partial charge is 0.573 e. The second-order valence-electron chi connectivity index (χ2n) is 10.0. The SMILES string of the molecule is CC(C)(N=C1CC(c2cccc(C#N)c2)N(c2ccc(OC(F)(F)F)cc2)C1=O)c1ccc(C2CC2)nc1. The lowest BCUT2D eigenvalue weighted by molar-refractivity contribution is -0.274. The van der Waals surface area contributed by atoms with Crippen molar-refractivity contribution in [1.82, 2.24) is 4.98 Å². The quantitative estimate of drug-likeness (QED) is 0.369. The first-order chi connectivity index (χ1) is 18.0. The number of rotatable bonds is 6. The van der Waals surface area contributed by atoms with Crippen molar-refractivity contribution in [2.75, 3.05) is 4.90 Å². The van der Waals surface area contributed by atoms with Gasteiger partial charge in [-0.05, 0) is 80.3 Å². The highest BCUT2D eigenvalue weighted by Crippen LogP contribution is 2.41. The zero-order valence-corrected chi connectivity index (χ0v) is 20.9. The third kappa shape index (κ3) is 5.40. The zero-order chi connectivity index (χ0) is 27.1. The monoisotopic (exact) mass is 518 g/mol. The first kappa shape index (κ1) is 25.5. The van der Waals surface area contributed by atoms with Gasteiger partial charge in [0.2, 0.25) is 0 Å². The maximum Gasteiger partial charge on any atom is 0.573 e. The van der Waals surface area contributed by atoms with E-state index in [1.807, 2.05) is 38.2 Å². The molecule has 5 rings (SSSR count). The molecule has 0 bridgehead atoms. The van der Waals surface area contributed by atoms with Gasteiger partial charge in [-0.1, -0.05) is 18.2 Å². The number of halogens is 3. The Kier molecular flexibility index (Phi) is 6.43. The molecule has 1 aliphatic carbocycles. The van der Waals surface area contributed by atoms with Crippen LogP contribution < -0.4 is 9.64 Å². The van der Waals surface area contributed by atoms with E-state index in [2.05, 4.69) is 15.8 Å². The van der Waals surface area contributed by atoms with E-state index in [0.717, 1.165) is 29.7 Å². The Morgan fingerprint density at radius 3 is 2.42 bits per heavy atom. The number of ether oxygens (including phenoxy) is 1. The Hall–Kier alpha value is -4.19. The van der Waals surface area contributed by atoms with Crippen molar-refractivity contribution in [2.45, 2.75) is 57.0 Å². The van der Waals surface area contributed by atoms with Gasteiger partial charge in [0.15, 0.2) is 0 Å². The van der Waals surface area contributed by atoms with Gasteiger partial charge < -0.3 is 4.74 Å². The van der Waals surface area contributed by atoms with Crippen molar-refractivity contribution >= 4 is 17.3 Å². The Morgan fingerprint density at radius 2 is 1.82 bits per heavy atom. The topological polar surface area (TPSA) is 78.6 Å². The number of benzene rings is 2. The lowest BCUT2D eigenvalue weighted by Gasteiger charge is -2.25. The number of hydrogen-bond donors (Lipinski definition) is 0. The average molecular weight is 519 g/mol. The third-order valence-electron chi connectivity index (χ3n) is 6.82. The summed E-state index contributed by atoms with van der Waals surface area (Å²) in [5, 5.41) is 9.39. The van der Waals surface area contributed by atoms with Gasteiger partial charge in [0.05, 0.1) is 23.2 Å². The molecular formula is C29H25F3N4O2. The van der Waals surface area contributed by atoms with Gasteiger partial charge in [-0.2, -0.15) is 5.26 Å². The van der Waals surface area contributed by atoms with Crippen molar-refractivity contribution < 1.29 is 22.7 Å². The predicted molar refractivity (Wildman–Crippen MR) is 136 cm³/mol. The van der Waals surface area contributed by atoms with E-state index < -0.39 is 17.9 Å². The lowest BCUT2D eigenvalue weighted by Crippen LogP contribution is -2.30. The van der Waals surface area contributed by atoms with Crippen LogP contribution in [0, 0.1) is 11.3 Å². The number of nitrogens with zero attached hydrogens (tertiary/aromatic N) is 4. The van der Waals surface area contributed by atoms with Crippen LogP contribution in [0.15, 0.2) is 71.9 Å². The first-order valence-corrected chi connectivity index (χ1v) is 12.3. The van der Waals surface area contributed by atoms with E-state index in [0.29, 0.717) is 22.9 Å². The number of carbonyl (C=O) groups is 1. The molecule has 1 atom stereocenters. The van der Waals surface area contributed by atoms with Crippen LogP contribution in [0.3, 0.4) is 0 Å². The fraction of sp³-hybridized carbons (Fsp3) is 0.310. The number of aromatic nitrogens is 1. The van der Waals surface area contributed by atoms with E-state index in [-0.39, 0.29) is 18.1 Å². The molecule has 1 saturated carbocycles. The smallest absolute Gasteiger partial charge is 0.406 e. The molecule has 3 aromatic rings. The molecule has 1 aromatic heterocycles. The number of hydrogen-bond acceptors (Lipinski definition) is 5. The molecule has 0 radical (unpaired) electrons. The molecule has 1 aliphatic heterocycles. The van der Waals surface area contributed by atoms with E-state index >= 15 is 0 Å². The molecular weight excluding hydrogens is 493 g/mol. The van der Waals surface area contributed by atoms with Gasteiger partial charge in [0.1, 0.15) is 11.5 Å². The van der Waals surface area contributed by atoms with Crippen molar-refractivity contribution in [3.63, 3.8) is 0 Å². The molecule has 2 aliphatic rings. The Morgan fingerprint density at radius 1 is 1.08 bits per heavy atom. The Balaban J connectivity index is 1.49. The molecule has 1 amide bonds. The number of amides is 1. The van der Waals surface area contributed by atoms with Crippen molar-refractivity contribution in [3.8, 4) is 11.8 Å². The molecule has 9 heteroatoms. The third-order valence-corrected chi connectivity index (χ3v) is 6.82. The molecule has 2 fully saturated rings. The second-order valence-corrected chi connectivity index (χ2v) is 10.0. The molecule has 6 nitrogen and oxygen atoms in total. The average Bonchev–Trinajstić information content (AvgIpc) is 3.69. The number of aliphatic imine (C=N–C) groups is 1. The van der Waals surface area contributed by atoms with E-state index in [1.54, 1.807) is 18.2 Å². The minimum absolute atomic E-state index is 0.269. The molecule has 0 N–H and O–H groups in total. The summed E-state index contributed by atoms with van der Waals surface area (Å²) in [6.07, 6.45) is -0.434. The number of carbonyl (C=O) groups excluding carboxylic acids is 1. The highest BCUT2D eigenvalue weighted by molar-refractivity contribution is 6.46. The summed E-state index contributed by atoms with van der Waals surface area (Å²) in [6.45, 7) is 3.83. The van der Waals surface area contributed by atoms with Crippen LogP contribution >= 0.6 is 0 Å². The fourth-order valence-electron chi connectivity index (χ4n) is 4.71. The first-order valence-electron chi connectivity index (χ1n) is 12.3. The van der Waals surface area contributed by atoms with E-state index in [4.69, 9.17) is 4.99 Å². The van der Waals surface area contributed by atoms with Gasteiger partial charge in [-0.3, -0.25) is 19.7 Å². The molecule has 194 valence electrons. The highest BCUT2D eigenvalue weighted by Gasteiger charge is 2.40. The summed E-state index contributed by atoms with van der Waals surface area (Å²) < 4.78 is 41.9. The predicted octanol–water partition coefficient (Wildman–Crippen LogP) is 6.58. The van der Waals surface area contributed by atoms with Gasteiger partial charge >= 0.3 is 6.36 Å². The lowest BCUT2D eigenvalue weighted by atomic mass is 9.95. The van der Waals surface area contributed by atoms with Crippen LogP contribution in [0.4, 0.5) is 18.9 Å². The maximum absolute atomic E-state index is 13.7. The minimum Gasteiger partial charge on any atom is -0.406 e. The van der Waals surface area contributed by atoms with Gasteiger partial charge in [-0.25, -0.2) is 0 Å². The molecule has 38 heavy (non-hydrogen) atoms. The standard InChI is InChI=1S/C29H25F3N4O2/c1-28(2,21-8-13-24(34-17-21)19-6-7-19)35-25-15-26(20-5-3-4-18(14-20)16-33)36(27(25)37)22-9-11-23(12-10-22)38-29(30,31)32/h3-5,8-14,17,19,26H,6-7,15H2,1-2H3. The van der Waals surface area contributed by atoms with Crippen molar-refractivity contribution in [1.29, 1.82) is 5.26 Å². The number of anilines is 1. The van der Waals surface area contributed by atoms with Crippen LogP contribution in [-0.4, -0.2) is 23.0 Å². The van der Waals surface area contributed by atoms with Crippen molar-refractivity contribution in [3.05, 3.63) is 89.2 Å². The summed E-state index contributed by atoms with van der Waals surface area (Å²) in [5.74, 6) is -0.202. The summed E-state index contributed by atoms with van der Waals surface area (Å²) >= 11 is 0. The molecule has 2 heterocycles. The van der Waals surface area contributed by atoms with E-state index in [9.17, 15) is 23.2 Å². The summed E-state index contributed by atoms with van der Waals surface area (Å²) in [5.41, 5.74) is 3.11. The summed E-state index contributed by atoms with van der Waals surface area (Å²) in [7, 11) is 0. The normalized spacial score (nSPS) is 19.1. The zero-order valence-electron chi connectivity index (χ0n) is 20.9. The van der Waals surface area contributed by atoms with Crippen LogP contribution in [0.25, 0.3) is 0 Å². The van der Waals surface area contributed by atoms with Gasteiger partial charge in [0.25, 0.3) is 5.91 Å².